The Bertz CT molecular complexity index is 709. The number of benzene rings is 1. The van der Waals surface area contributed by atoms with E-state index in [0.29, 0.717) is 11.4 Å². The van der Waals surface area contributed by atoms with Crippen molar-refractivity contribution in [1.29, 1.82) is 0 Å². The number of methoxy groups -OCH3 is 1. The molecule has 0 saturated carbocycles. The Kier molecular flexibility index (Phi) is 5.83. The highest BCUT2D eigenvalue weighted by Gasteiger charge is 2.08. The van der Waals surface area contributed by atoms with E-state index in [1.807, 2.05) is 19.9 Å². The molecule has 0 saturated heterocycles. The van der Waals surface area contributed by atoms with Crippen molar-refractivity contribution in [2.75, 3.05) is 12.4 Å². The third kappa shape index (κ3) is 5.35. The van der Waals surface area contributed by atoms with Crippen LogP contribution in [0.4, 0.5) is 5.69 Å². The lowest BCUT2D eigenvalue weighted by atomic mass is 10.2. The van der Waals surface area contributed by atoms with Gasteiger partial charge in [-0.3, -0.25) is 9.59 Å². The summed E-state index contributed by atoms with van der Waals surface area (Å²) in [6.45, 7) is 3.74. The molecule has 1 amide bonds. The van der Waals surface area contributed by atoms with Gasteiger partial charge in [-0.05, 0) is 44.2 Å². The minimum atomic E-state index is -0.414. The molecule has 1 heterocycles. The van der Waals surface area contributed by atoms with Crippen molar-refractivity contribution in [3.63, 3.8) is 0 Å². The molecule has 0 atom stereocenters. The summed E-state index contributed by atoms with van der Waals surface area (Å²) in [4.78, 5) is 31.1. The van der Waals surface area contributed by atoms with Gasteiger partial charge in [-0.2, -0.15) is 0 Å². The van der Waals surface area contributed by atoms with E-state index < -0.39 is 5.97 Å². The second kappa shape index (κ2) is 8.05. The lowest BCUT2D eigenvalue weighted by Gasteiger charge is -2.08. The van der Waals surface area contributed by atoms with Crippen molar-refractivity contribution >= 4 is 17.6 Å². The second-order valence-electron chi connectivity index (χ2n) is 5.18. The first-order valence-electron chi connectivity index (χ1n) is 7.43. The maximum Gasteiger partial charge on any atom is 0.322 e. The number of amides is 1. The van der Waals surface area contributed by atoms with Gasteiger partial charge in [0, 0.05) is 23.5 Å². The highest BCUT2D eigenvalue weighted by molar-refractivity contribution is 5.92. The summed E-state index contributed by atoms with van der Waals surface area (Å²) >= 11 is 0. The van der Waals surface area contributed by atoms with Crippen molar-refractivity contribution in [3.05, 3.63) is 41.7 Å². The van der Waals surface area contributed by atoms with Crippen LogP contribution in [0.25, 0.3) is 0 Å². The predicted molar refractivity (Wildman–Crippen MR) is 87.9 cm³/mol. The molecule has 1 aromatic carbocycles. The number of anilines is 1. The first kappa shape index (κ1) is 17.4. The van der Waals surface area contributed by atoms with Gasteiger partial charge in [-0.25, -0.2) is 9.97 Å². The zero-order chi connectivity index (χ0) is 17.5. The molecule has 1 N–H and O–H groups in total. The average Bonchev–Trinajstić information content (AvgIpc) is 2.53. The third-order valence-corrected chi connectivity index (χ3v) is 3.09. The largest absolute Gasteiger partial charge is 0.469 e. The van der Waals surface area contributed by atoms with E-state index in [9.17, 15) is 9.59 Å². The minimum Gasteiger partial charge on any atom is -0.469 e. The van der Waals surface area contributed by atoms with Gasteiger partial charge in [0.2, 0.25) is 5.91 Å². The molecule has 0 fully saturated rings. The average molecular weight is 329 g/mol. The zero-order valence-corrected chi connectivity index (χ0v) is 13.8. The Hall–Kier alpha value is -2.96. The van der Waals surface area contributed by atoms with Crippen LogP contribution in [-0.4, -0.2) is 29.0 Å². The highest BCUT2D eigenvalue weighted by Crippen LogP contribution is 2.21. The van der Waals surface area contributed by atoms with Gasteiger partial charge in [0.15, 0.2) is 0 Å². The lowest BCUT2D eigenvalue weighted by Crippen LogP contribution is -2.13. The standard InChI is InChI=1S/C17H19N3O4/c1-11-10-12(2)19-17(18-11)24-14-6-4-13(5-7-14)20-15(21)8-9-16(22)23-3/h4-7,10H,8-9H2,1-3H3,(H,20,21). The molecule has 126 valence electrons. The maximum absolute atomic E-state index is 11.7. The number of carbonyl (C=O) groups excluding carboxylic acids is 2. The number of hydrogen-bond acceptors (Lipinski definition) is 6. The van der Waals surface area contributed by atoms with Gasteiger partial charge in [0.05, 0.1) is 13.5 Å². The van der Waals surface area contributed by atoms with Gasteiger partial charge in [-0.1, -0.05) is 0 Å². The van der Waals surface area contributed by atoms with Gasteiger partial charge in [0.25, 0.3) is 0 Å². The fraction of sp³-hybridized carbons (Fsp3) is 0.294. The number of nitrogens with zero attached hydrogens (tertiary/aromatic N) is 2. The van der Waals surface area contributed by atoms with Crippen LogP contribution >= 0.6 is 0 Å². The van der Waals surface area contributed by atoms with E-state index in [1.165, 1.54) is 7.11 Å². The van der Waals surface area contributed by atoms with Crippen LogP contribution in [-0.2, 0) is 14.3 Å². The van der Waals surface area contributed by atoms with Gasteiger partial charge in [-0.15, -0.1) is 0 Å². The van der Waals surface area contributed by atoms with Crippen LogP contribution in [0.2, 0.25) is 0 Å². The van der Waals surface area contributed by atoms with Gasteiger partial charge < -0.3 is 14.8 Å². The molecule has 0 unspecified atom stereocenters. The van der Waals surface area contributed by atoms with Crippen LogP contribution in [0.3, 0.4) is 0 Å². The number of aromatic nitrogens is 2. The molecule has 2 rings (SSSR count). The van der Waals surface area contributed by atoms with Crippen LogP contribution in [0.1, 0.15) is 24.2 Å². The van der Waals surface area contributed by atoms with E-state index in [-0.39, 0.29) is 24.8 Å². The number of ether oxygens (including phenoxy) is 2. The molecule has 7 heteroatoms. The molecule has 0 bridgehead atoms. The summed E-state index contributed by atoms with van der Waals surface area (Å²) in [5.74, 6) is -0.110. The van der Waals surface area contributed by atoms with Crippen LogP contribution in [0, 0.1) is 13.8 Å². The van der Waals surface area contributed by atoms with Crippen molar-refractivity contribution in [3.8, 4) is 11.8 Å². The fourth-order valence-electron chi connectivity index (χ4n) is 1.99. The summed E-state index contributed by atoms with van der Waals surface area (Å²) in [7, 11) is 1.29. The number of rotatable bonds is 6. The maximum atomic E-state index is 11.7. The molecule has 0 spiro atoms. The summed E-state index contributed by atoms with van der Waals surface area (Å²) < 4.78 is 10.1. The summed E-state index contributed by atoms with van der Waals surface area (Å²) in [5, 5.41) is 2.70. The third-order valence-electron chi connectivity index (χ3n) is 3.09. The topological polar surface area (TPSA) is 90.4 Å². The van der Waals surface area contributed by atoms with Gasteiger partial charge in [0.1, 0.15) is 5.75 Å². The highest BCUT2D eigenvalue weighted by atomic mass is 16.5. The molecule has 2 aromatic rings. The van der Waals surface area contributed by atoms with Crippen molar-refractivity contribution < 1.29 is 19.1 Å². The Morgan fingerprint density at radius 1 is 1.04 bits per heavy atom. The molecule has 7 nitrogen and oxygen atoms in total. The summed E-state index contributed by atoms with van der Waals surface area (Å²) in [5.41, 5.74) is 2.26. The number of nitrogens with one attached hydrogen (secondary N) is 1. The Morgan fingerprint density at radius 2 is 1.67 bits per heavy atom. The van der Waals surface area contributed by atoms with Crippen LogP contribution in [0.15, 0.2) is 30.3 Å². The molecular weight excluding hydrogens is 310 g/mol. The SMILES string of the molecule is COC(=O)CCC(=O)Nc1ccc(Oc2nc(C)cc(C)n2)cc1. The molecule has 0 aliphatic rings. The van der Waals surface area contributed by atoms with E-state index >= 15 is 0 Å². The Balaban J connectivity index is 1.93. The Morgan fingerprint density at radius 3 is 2.25 bits per heavy atom. The Labute approximate surface area is 140 Å². The second-order valence-corrected chi connectivity index (χ2v) is 5.18. The molecule has 0 aliphatic heterocycles. The van der Waals surface area contributed by atoms with Crippen LogP contribution in [0.5, 0.6) is 11.8 Å². The van der Waals surface area contributed by atoms with Gasteiger partial charge >= 0.3 is 12.0 Å². The van der Waals surface area contributed by atoms with E-state index in [1.54, 1.807) is 24.3 Å². The molecule has 0 radical (unpaired) electrons. The van der Waals surface area contributed by atoms with E-state index in [0.717, 1.165) is 11.4 Å². The lowest BCUT2D eigenvalue weighted by molar-refractivity contribution is -0.141. The van der Waals surface area contributed by atoms with Crippen molar-refractivity contribution in [1.82, 2.24) is 9.97 Å². The normalized spacial score (nSPS) is 10.1. The van der Waals surface area contributed by atoms with Crippen LogP contribution < -0.4 is 10.1 Å². The zero-order valence-electron chi connectivity index (χ0n) is 13.8. The minimum absolute atomic E-state index is 0.0492. The molecule has 0 aliphatic carbocycles. The smallest absolute Gasteiger partial charge is 0.322 e. The molecule has 1 aromatic heterocycles. The summed E-state index contributed by atoms with van der Waals surface area (Å²) in [6.07, 6.45) is 0.120. The number of esters is 1. The van der Waals surface area contributed by atoms with E-state index in [2.05, 4.69) is 20.0 Å². The summed E-state index contributed by atoms with van der Waals surface area (Å²) in [6, 6.07) is 8.96. The number of aryl methyl sites for hydroxylation is 2. The quantitative estimate of drug-likeness (QED) is 0.820. The number of hydrogen-bond donors (Lipinski definition) is 1. The fourth-order valence-corrected chi connectivity index (χ4v) is 1.99. The van der Waals surface area contributed by atoms with Crippen molar-refractivity contribution in [2.45, 2.75) is 26.7 Å². The first-order valence-corrected chi connectivity index (χ1v) is 7.43. The molecular formula is C17H19N3O4. The first-order chi connectivity index (χ1) is 11.5. The predicted octanol–water partition coefficient (Wildman–Crippen LogP) is 2.78. The number of carbonyl (C=O) groups is 2. The molecule has 24 heavy (non-hydrogen) atoms. The van der Waals surface area contributed by atoms with Crippen molar-refractivity contribution in [2.24, 2.45) is 0 Å². The van der Waals surface area contributed by atoms with E-state index in [4.69, 9.17) is 4.74 Å². The monoisotopic (exact) mass is 329 g/mol.